The van der Waals surface area contributed by atoms with E-state index in [0.29, 0.717) is 22.8 Å². The molecule has 0 aliphatic carbocycles. The minimum atomic E-state index is -3.72. The lowest BCUT2D eigenvalue weighted by Gasteiger charge is -2.26. The Balaban J connectivity index is 1.82. The highest BCUT2D eigenvalue weighted by atomic mass is 79.9. The molecule has 0 atom stereocenters. The summed E-state index contributed by atoms with van der Waals surface area (Å²) in [6, 6.07) is 4.49. The summed E-state index contributed by atoms with van der Waals surface area (Å²) in [5.41, 5.74) is 0.234. The Hall–Kier alpha value is -1.40. The molecule has 1 fully saturated rings. The summed E-state index contributed by atoms with van der Waals surface area (Å²) in [7, 11) is -3.72. The first-order chi connectivity index (χ1) is 12.9. The van der Waals surface area contributed by atoms with E-state index in [1.54, 1.807) is 12.1 Å². The second-order valence-electron chi connectivity index (χ2n) is 5.87. The van der Waals surface area contributed by atoms with Gasteiger partial charge in [-0.2, -0.15) is 4.31 Å². The van der Waals surface area contributed by atoms with Crippen molar-refractivity contribution in [2.24, 2.45) is 0 Å². The molecule has 1 aromatic carbocycles. The predicted octanol–water partition coefficient (Wildman–Crippen LogP) is 2.53. The Labute approximate surface area is 170 Å². The van der Waals surface area contributed by atoms with Crippen molar-refractivity contribution in [2.45, 2.75) is 24.7 Å². The number of sulfonamides is 1. The van der Waals surface area contributed by atoms with E-state index < -0.39 is 15.9 Å². The lowest BCUT2D eigenvalue weighted by atomic mass is 10.2. The van der Waals surface area contributed by atoms with E-state index >= 15 is 0 Å². The first-order valence-corrected chi connectivity index (χ1v) is 11.5. The molecular weight excluding hydrogens is 456 g/mol. The summed E-state index contributed by atoms with van der Waals surface area (Å²) in [5, 5.41) is 11.9. The molecule has 0 unspecified atom stereocenters. The first kappa shape index (κ1) is 20.3. The summed E-state index contributed by atoms with van der Waals surface area (Å²) in [6.07, 6.45) is 1.74. The van der Waals surface area contributed by atoms with Crippen molar-refractivity contribution in [3.63, 3.8) is 0 Å². The van der Waals surface area contributed by atoms with Crippen LogP contribution in [0.1, 0.15) is 28.7 Å². The Morgan fingerprint density at radius 2 is 2.07 bits per heavy atom. The normalized spacial score (nSPS) is 15.6. The molecule has 0 radical (unpaired) electrons. The van der Waals surface area contributed by atoms with Gasteiger partial charge in [0.05, 0.1) is 18.1 Å². The number of carbonyl (C=O) groups excluding carboxylic acids is 1. The van der Waals surface area contributed by atoms with E-state index in [0.717, 1.165) is 17.8 Å². The number of morpholine rings is 1. The summed E-state index contributed by atoms with van der Waals surface area (Å²) in [5.74, 6) is -0.430. The number of carbonyl (C=O) groups is 1. The van der Waals surface area contributed by atoms with Gasteiger partial charge in [-0.3, -0.25) is 10.1 Å². The number of ether oxygens (including phenoxy) is 1. The number of rotatable bonds is 6. The third kappa shape index (κ3) is 4.72. The van der Waals surface area contributed by atoms with Gasteiger partial charge in [0.15, 0.2) is 0 Å². The largest absolute Gasteiger partial charge is 0.379 e. The van der Waals surface area contributed by atoms with Gasteiger partial charge in [0.1, 0.15) is 5.01 Å². The van der Waals surface area contributed by atoms with Crippen molar-refractivity contribution < 1.29 is 17.9 Å². The van der Waals surface area contributed by atoms with Crippen molar-refractivity contribution in [2.75, 3.05) is 31.6 Å². The van der Waals surface area contributed by atoms with E-state index in [-0.39, 0.29) is 23.5 Å². The number of aromatic nitrogens is 2. The summed E-state index contributed by atoms with van der Waals surface area (Å²) >= 11 is 4.59. The molecule has 1 saturated heterocycles. The monoisotopic (exact) mass is 474 g/mol. The summed E-state index contributed by atoms with van der Waals surface area (Å²) < 4.78 is 32.8. The van der Waals surface area contributed by atoms with E-state index in [4.69, 9.17) is 4.74 Å². The number of benzene rings is 1. The Kier molecular flexibility index (Phi) is 6.58. The number of nitrogens with one attached hydrogen (secondary N) is 1. The van der Waals surface area contributed by atoms with Crippen LogP contribution in [-0.2, 0) is 21.2 Å². The van der Waals surface area contributed by atoms with E-state index in [1.165, 1.54) is 21.7 Å². The van der Waals surface area contributed by atoms with Crippen LogP contribution in [0.3, 0.4) is 0 Å². The number of nitrogens with zero attached hydrogens (tertiary/aromatic N) is 3. The molecule has 11 heteroatoms. The molecule has 1 aromatic heterocycles. The summed E-state index contributed by atoms with van der Waals surface area (Å²) in [4.78, 5) is 12.6. The fourth-order valence-corrected chi connectivity index (χ4v) is 5.75. The van der Waals surface area contributed by atoms with Crippen molar-refractivity contribution in [1.82, 2.24) is 14.5 Å². The van der Waals surface area contributed by atoms with E-state index in [9.17, 15) is 13.2 Å². The molecular formula is C16H19BrN4O4S2. The second-order valence-corrected chi connectivity index (χ2v) is 9.69. The fraction of sp³-hybridized carbons (Fsp3) is 0.438. The minimum Gasteiger partial charge on any atom is -0.379 e. The molecule has 3 rings (SSSR count). The van der Waals surface area contributed by atoms with Crippen LogP contribution < -0.4 is 5.32 Å². The van der Waals surface area contributed by atoms with Crippen LogP contribution in [0.15, 0.2) is 27.6 Å². The van der Waals surface area contributed by atoms with Gasteiger partial charge in [-0.15, -0.1) is 10.2 Å². The van der Waals surface area contributed by atoms with Crippen LogP contribution in [0, 0.1) is 0 Å². The fourth-order valence-electron chi connectivity index (χ4n) is 2.56. The Bertz CT molecular complexity index is 926. The molecule has 0 saturated carbocycles. The van der Waals surface area contributed by atoms with Crippen LogP contribution in [0.25, 0.3) is 0 Å². The SMILES string of the molecule is CCCc1nnc(NC(=O)c2ccc(Br)c(S(=O)(=O)N3CCOCC3)c2)s1. The van der Waals surface area contributed by atoms with Gasteiger partial charge in [-0.05, 0) is 40.5 Å². The molecule has 0 bridgehead atoms. The minimum absolute atomic E-state index is 0.0565. The number of aryl methyl sites for hydroxylation is 1. The molecule has 1 N–H and O–H groups in total. The van der Waals surface area contributed by atoms with E-state index in [1.807, 2.05) is 6.92 Å². The first-order valence-electron chi connectivity index (χ1n) is 8.43. The molecule has 2 aromatic rings. The average Bonchev–Trinajstić information content (AvgIpc) is 3.10. The average molecular weight is 475 g/mol. The van der Waals surface area contributed by atoms with Crippen LogP contribution >= 0.6 is 27.3 Å². The molecule has 2 heterocycles. The Morgan fingerprint density at radius 3 is 2.78 bits per heavy atom. The number of hydrogen-bond donors (Lipinski definition) is 1. The molecule has 146 valence electrons. The Morgan fingerprint density at radius 1 is 1.33 bits per heavy atom. The predicted molar refractivity (Wildman–Crippen MR) is 106 cm³/mol. The van der Waals surface area contributed by atoms with Crippen LogP contribution in [0.4, 0.5) is 5.13 Å². The number of halogens is 1. The van der Waals surface area contributed by atoms with Crippen molar-refractivity contribution in [1.29, 1.82) is 0 Å². The zero-order valence-corrected chi connectivity index (χ0v) is 17.9. The number of hydrogen-bond acceptors (Lipinski definition) is 7. The maximum atomic E-state index is 12.9. The van der Waals surface area contributed by atoms with Gasteiger partial charge in [0.2, 0.25) is 15.2 Å². The third-order valence-corrected chi connectivity index (χ3v) is 7.72. The maximum Gasteiger partial charge on any atom is 0.257 e. The molecule has 1 aliphatic heterocycles. The number of anilines is 1. The lowest BCUT2D eigenvalue weighted by Crippen LogP contribution is -2.40. The molecule has 0 spiro atoms. The maximum absolute atomic E-state index is 12.9. The highest BCUT2D eigenvalue weighted by Crippen LogP contribution is 2.27. The van der Waals surface area contributed by atoms with Crippen LogP contribution in [0.2, 0.25) is 0 Å². The van der Waals surface area contributed by atoms with Gasteiger partial charge >= 0.3 is 0 Å². The third-order valence-electron chi connectivity index (χ3n) is 3.93. The highest BCUT2D eigenvalue weighted by Gasteiger charge is 2.29. The quantitative estimate of drug-likeness (QED) is 0.689. The molecule has 8 nitrogen and oxygen atoms in total. The zero-order chi connectivity index (χ0) is 19.4. The van der Waals surface area contributed by atoms with Gasteiger partial charge in [-0.1, -0.05) is 18.3 Å². The van der Waals surface area contributed by atoms with Crippen LogP contribution in [-0.4, -0.2) is 55.1 Å². The molecule has 27 heavy (non-hydrogen) atoms. The number of amides is 1. The van der Waals surface area contributed by atoms with Crippen molar-refractivity contribution in [3.05, 3.63) is 33.2 Å². The van der Waals surface area contributed by atoms with Gasteiger partial charge in [0, 0.05) is 29.5 Å². The van der Waals surface area contributed by atoms with Gasteiger partial charge in [0.25, 0.3) is 5.91 Å². The van der Waals surface area contributed by atoms with Gasteiger partial charge in [-0.25, -0.2) is 8.42 Å². The van der Waals surface area contributed by atoms with Crippen molar-refractivity contribution in [3.8, 4) is 0 Å². The lowest BCUT2D eigenvalue weighted by molar-refractivity contribution is 0.0730. The van der Waals surface area contributed by atoms with Crippen LogP contribution in [0.5, 0.6) is 0 Å². The smallest absolute Gasteiger partial charge is 0.257 e. The van der Waals surface area contributed by atoms with Gasteiger partial charge < -0.3 is 4.74 Å². The van der Waals surface area contributed by atoms with Crippen molar-refractivity contribution >= 4 is 48.3 Å². The highest BCUT2D eigenvalue weighted by molar-refractivity contribution is 9.10. The topological polar surface area (TPSA) is 101 Å². The summed E-state index contributed by atoms with van der Waals surface area (Å²) in [6.45, 7) is 3.33. The molecule has 1 aliphatic rings. The van der Waals surface area contributed by atoms with E-state index in [2.05, 4.69) is 31.4 Å². The zero-order valence-electron chi connectivity index (χ0n) is 14.6. The standard InChI is InChI=1S/C16H19BrN4O4S2/c1-2-3-14-19-20-16(26-14)18-15(22)11-4-5-12(17)13(10-11)27(23,24)21-6-8-25-9-7-21/h4-5,10H,2-3,6-9H2,1H3,(H,18,20,22). The molecule has 1 amide bonds. The second kappa shape index (κ2) is 8.74.